The van der Waals surface area contributed by atoms with Crippen molar-refractivity contribution in [1.82, 2.24) is 20.1 Å². The van der Waals surface area contributed by atoms with E-state index in [0.717, 1.165) is 41.3 Å². The highest BCUT2D eigenvalue weighted by Gasteiger charge is 2.16. The number of nitrogens with one attached hydrogen (secondary N) is 1. The molecule has 142 valence electrons. The van der Waals surface area contributed by atoms with Crippen molar-refractivity contribution in [3.63, 3.8) is 0 Å². The molecule has 27 heavy (non-hydrogen) atoms. The van der Waals surface area contributed by atoms with Crippen LogP contribution in [0.5, 0.6) is 0 Å². The van der Waals surface area contributed by atoms with Crippen LogP contribution >= 0.6 is 11.3 Å². The van der Waals surface area contributed by atoms with Gasteiger partial charge < -0.3 is 5.32 Å². The van der Waals surface area contributed by atoms with E-state index >= 15 is 0 Å². The van der Waals surface area contributed by atoms with Gasteiger partial charge in [0.05, 0.1) is 28.1 Å². The van der Waals surface area contributed by atoms with Crippen molar-refractivity contribution < 1.29 is 9.18 Å². The topological polar surface area (TPSA) is 59.8 Å². The molecular weight excluding hydrogens is 363 g/mol. The molecule has 1 N–H and O–H groups in total. The minimum absolute atomic E-state index is 0.120. The molecule has 0 spiro atoms. The number of aryl methyl sites for hydroxylation is 2. The number of hydrogen-bond donors (Lipinski definition) is 1. The van der Waals surface area contributed by atoms with E-state index < -0.39 is 0 Å². The molecule has 0 unspecified atom stereocenters. The van der Waals surface area contributed by atoms with Crippen LogP contribution in [0.4, 0.5) is 4.39 Å². The molecule has 0 aliphatic rings. The summed E-state index contributed by atoms with van der Waals surface area (Å²) in [6.45, 7) is 4.59. The Morgan fingerprint density at radius 1 is 1.26 bits per heavy atom. The highest BCUT2D eigenvalue weighted by Crippen LogP contribution is 2.16. The number of amides is 1. The smallest absolute Gasteiger partial charge is 0.254 e. The van der Waals surface area contributed by atoms with Gasteiger partial charge in [0, 0.05) is 17.6 Å². The second kappa shape index (κ2) is 8.90. The Bertz CT molecular complexity index is 901. The van der Waals surface area contributed by atoms with Crippen molar-refractivity contribution in [1.29, 1.82) is 0 Å². The summed E-state index contributed by atoms with van der Waals surface area (Å²) in [6.07, 6.45) is 5.07. The molecule has 2 heterocycles. The number of rotatable bonds is 8. The number of thiazole rings is 1. The van der Waals surface area contributed by atoms with Crippen molar-refractivity contribution in [2.24, 2.45) is 0 Å². The van der Waals surface area contributed by atoms with E-state index in [1.165, 1.54) is 12.1 Å². The Morgan fingerprint density at radius 3 is 2.70 bits per heavy atom. The maximum atomic E-state index is 13.1. The van der Waals surface area contributed by atoms with Crippen LogP contribution in [0, 0.1) is 12.7 Å². The maximum absolute atomic E-state index is 13.1. The minimum atomic E-state index is -0.296. The largest absolute Gasteiger partial charge is 0.352 e. The van der Waals surface area contributed by atoms with Gasteiger partial charge in [-0.05, 0) is 56.9 Å². The van der Waals surface area contributed by atoms with E-state index in [1.807, 2.05) is 13.8 Å². The Balaban J connectivity index is 1.55. The zero-order valence-electron chi connectivity index (χ0n) is 15.5. The summed E-state index contributed by atoms with van der Waals surface area (Å²) in [5.74, 6) is -0.417. The van der Waals surface area contributed by atoms with Gasteiger partial charge in [-0.25, -0.2) is 14.1 Å². The second-order valence-electron chi connectivity index (χ2n) is 6.34. The first-order valence-electron chi connectivity index (χ1n) is 9.10. The molecule has 7 heteroatoms. The van der Waals surface area contributed by atoms with Crippen molar-refractivity contribution in [3.8, 4) is 5.69 Å². The molecular formula is C20H23FN4OS. The number of unbranched alkanes of at least 4 members (excludes halogenated alkanes) is 1. The number of benzene rings is 1. The molecule has 0 radical (unpaired) electrons. The molecule has 0 bridgehead atoms. The second-order valence-corrected chi connectivity index (χ2v) is 7.28. The summed E-state index contributed by atoms with van der Waals surface area (Å²) >= 11 is 1.68. The van der Waals surface area contributed by atoms with Gasteiger partial charge in [-0.15, -0.1) is 11.3 Å². The SMILES string of the molecule is CCc1c(C(=O)NCCCCc2nc(C)cs2)cnn1-c1ccc(F)cc1. The van der Waals surface area contributed by atoms with Crippen LogP contribution in [0.15, 0.2) is 35.8 Å². The normalized spacial score (nSPS) is 10.9. The van der Waals surface area contributed by atoms with E-state index in [1.54, 1.807) is 34.3 Å². The van der Waals surface area contributed by atoms with E-state index in [9.17, 15) is 9.18 Å². The molecule has 3 rings (SSSR count). The third-order valence-corrected chi connectivity index (χ3v) is 5.32. The van der Waals surface area contributed by atoms with Crippen molar-refractivity contribution in [2.75, 3.05) is 6.54 Å². The van der Waals surface area contributed by atoms with Crippen LogP contribution in [-0.4, -0.2) is 27.2 Å². The summed E-state index contributed by atoms with van der Waals surface area (Å²) in [6, 6.07) is 6.09. The third-order valence-electron chi connectivity index (χ3n) is 4.29. The van der Waals surface area contributed by atoms with E-state index in [0.29, 0.717) is 18.5 Å². The van der Waals surface area contributed by atoms with Crippen LogP contribution in [-0.2, 0) is 12.8 Å². The fraction of sp³-hybridized carbons (Fsp3) is 0.350. The first-order valence-corrected chi connectivity index (χ1v) is 9.98. The Labute approximate surface area is 162 Å². The highest BCUT2D eigenvalue weighted by atomic mass is 32.1. The lowest BCUT2D eigenvalue weighted by Crippen LogP contribution is -2.25. The van der Waals surface area contributed by atoms with Gasteiger partial charge in [0.15, 0.2) is 0 Å². The zero-order valence-corrected chi connectivity index (χ0v) is 16.4. The summed E-state index contributed by atoms with van der Waals surface area (Å²) in [7, 11) is 0. The van der Waals surface area contributed by atoms with Crippen LogP contribution in [0.25, 0.3) is 5.69 Å². The number of aromatic nitrogens is 3. The van der Waals surface area contributed by atoms with Gasteiger partial charge in [0.1, 0.15) is 5.82 Å². The van der Waals surface area contributed by atoms with Crippen molar-refractivity contribution >= 4 is 17.2 Å². The van der Waals surface area contributed by atoms with Crippen LogP contribution in [0.2, 0.25) is 0 Å². The number of hydrogen-bond acceptors (Lipinski definition) is 4. The molecule has 2 aromatic heterocycles. The van der Waals surface area contributed by atoms with Crippen molar-refractivity contribution in [3.05, 3.63) is 63.6 Å². The average molecular weight is 386 g/mol. The quantitative estimate of drug-likeness (QED) is 0.593. The molecule has 0 atom stereocenters. The highest BCUT2D eigenvalue weighted by molar-refractivity contribution is 7.09. The number of halogens is 1. The maximum Gasteiger partial charge on any atom is 0.254 e. The third kappa shape index (κ3) is 4.80. The van der Waals surface area contributed by atoms with Crippen LogP contribution < -0.4 is 5.32 Å². The summed E-state index contributed by atoms with van der Waals surface area (Å²) < 4.78 is 14.8. The lowest BCUT2D eigenvalue weighted by molar-refractivity contribution is 0.0952. The first kappa shape index (κ1) is 19.2. The molecule has 5 nitrogen and oxygen atoms in total. The predicted octanol–water partition coefficient (Wildman–Crippen LogP) is 4.09. The van der Waals surface area contributed by atoms with E-state index in [2.05, 4.69) is 20.8 Å². The van der Waals surface area contributed by atoms with Gasteiger partial charge in [-0.2, -0.15) is 5.10 Å². The standard InChI is InChI=1S/C20H23FN4OS/c1-3-18-17(12-23-25(18)16-9-7-15(21)8-10-16)20(26)22-11-5-4-6-19-24-14(2)13-27-19/h7-10,12-13H,3-6,11H2,1-2H3,(H,22,26). The predicted molar refractivity (Wildman–Crippen MR) is 105 cm³/mol. The summed E-state index contributed by atoms with van der Waals surface area (Å²) in [5.41, 5.74) is 3.19. The van der Waals surface area contributed by atoms with Crippen molar-refractivity contribution in [2.45, 2.75) is 39.5 Å². The minimum Gasteiger partial charge on any atom is -0.352 e. The molecule has 1 aromatic carbocycles. The Hall–Kier alpha value is -2.54. The summed E-state index contributed by atoms with van der Waals surface area (Å²) in [4.78, 5) is 17.0. The molecule has 0 saturated heterocycles. The van der Waals surface area contributed by atoms with E-state index in [4.69, 9.17) is 0 Å². The Kier molecular flexibility index (Phi) is 6.34. The fourth-order valence-electron chi connectivity index (χ4n) is 2.92. The molecule has 0 aliphatic heterocycles. The molecule has 0 saturated carbocycles. The summed E-state index contributed by atoms with van der Waals surface area (Å²) in [5, 5.41) is 10.5. The number of carbonyl (C=O) groups excluding carboxylic acids is 1. The van der Waals surface area contributed by atoms with Gasteiger partial charge >= 0.3 is 0 Å². The molecule has 1 amide bonds. The lowest BCUT2D eigenvalue weighted by atomic mass is 10.1. The van der Waals surface area contributed by atoms with Gasteiger partial charge in [-0.1, -0.05) is 6.92 Å². The average Bonchev–Trinajstić information content (AvgIpc) is 3.28. The number of nitrogens with zero attached hydrogens (tertiary/aromatic N) is 3. The lowest BCUT2D eigenvalue weighted by Gasteiger charge is -2.08. The first-order chi connectivity index (χ1) is 13.1. The fourth-order valence-corrected chi connectivity index (χ4v) is 3.74. The Morgan fingerprint density at radius 2 is 2.04 bits per heavy atom. The van der Waals surface area contributed by atoms with Gasteiger partial charge in [-0.3, -0.25) is 4.79 Å². The van der Waals surface area contributed by atoms with Gasteiger partial charge in [0.25, 0.3) is 5.91 Å². The molecule has 0 fully saturated rings. The monoisotopic (exact) mass is 386 g/mol. The zero-order chi connectivity index (χ0) is 19.2. The van der Waals surface area contributed by atoms with Crippen LogP contribution in [0.3, 0.4) is 0 Å². The molecule has 0 aliphatic carbocycles. The van der Waals surface area contributed by atoms with E-state index in [-0.39, 0.29) is 11.7 Å². The number of carbonyl (C=O) groups is 1. The van der Waals surface area contributed by atoms with Crippen LogP contribution in [0.1, 0.15) is 46.5 Å². The molecule has 3 aromatic rings. The van der Waals surface area contributed by atoms with Gasteiger partial charge in [0.2, 0.25) is 0 Å².